The van der Waals surface area contributed by atoms with E-state index in [2.05, 4.69) is 15.1 Å². The van der Waals surface area contributed by atoms with Crippen LogP contribution < -0.4 is 10.5 Å². The summed E-state index contributed by atoms with van der Waals surface area (Å²) in [5, 5.41) is 14.6. The highest BCUT2D eigenvalue weighted by atomic mass is 19.1. The van der Waals surface area contributed by atoms with Crippen molar-refractivity contribution in [3.63, 3.8) is 0 Å². The molecule has 3 aromatic heterocycles. The van der Waals surface area contributed by atoms with E-state index in [-0.39, 0.29) is 12.4 Å². The van der Waals surface area contributed by atoms with E-state index >= 15 is 0 Å². The lowest BCUT2D eigenvalue weighted by molar-refractivity contribution is 0.117. The van der Waals surface area contributed by atoms with Crippen molar-refractivity contribution >= 4 is 5.82 Å². The number of aryl methyl sites for hydroxylation is 1. The largest absolute Gasteiger partial charge is 0.479 e. The van der Waals surface area contributed by atoms with Crippen LogP contribution in [0.4, 0.5) is 10.2 Å². The summed E-state index contributed by atoms with van der Waals surface area (Å²) in [7, 11) is 0. The van der Waals surface area contributed by atoms with Crippen LogP contribution in [0.3, 0.4) is 0 Å². The molecule has 31 heavy (non-hydrogen) atoms. The van der Waals surface area contributed by atoms with E-state index in [0.29, 0.717) is 35.8 Å². The topological polar surface area (TPSA) is 104 Å². The number of pyridine rings is 1. The number of fused-ring (bicyclic) bond motifs is 7. The number of aromatic nitrogens is 5. The normalized spacial score (nSPS) is 15.1. The van der Waals surface area contributed by atoms with Gasteiger partial charge in [-0.15, -0.1) is 0 Å². The number of aliphatic hydroxyl groups excluding tert-OH is 1. The smallest absolute Gasteiger partial charge is 0.166 e. The SMILES string of the molecule is CCn1ncc2c1-c1cnc(N)c(c1)OC(CO)c1cc(F)ccc1-c1nccn1C2. The standard InChI is InChI=1S/C22H21FN6O2/c1-2-29-20-13-7-18(21(24)26-9-13)31-19(12-30)17-8-15(23)3-4-16(17)22-25-5-6-28(22)11-14(20)10-27-29/h3-10,19,30H,2,11-12H2,1H3,(H2,24,26). The van der Waals surface area contributed by atoms with Crippen molar-refractivity contribution in [2.45, 2.75) is 26.1 Å². The number of ether oxygens (including phenoxy) is 1. The molecule has 0 saturated heterocycles. The van der Waals surface area contributed by atoms with E-state index in [0.717, 1.165) is 16.8 Å². The predicted molar refractivity (Wildman–Crippen MR) is 113 cm³/mol. The Morgan fingerprint density at radius 2 is 2.13 bits per heavy atom. The summed E-state index contributed by atoms with van der Waals surface area (Å²) in [6, 6.07) is 6.16. The number of halogens is 1. The lowest BCUT2D eigenvalue weighted by Gasteiger charge is -2.22. The van der Waals surface area contributed by atoms with Gasteiger partial charge < -0.3 is 20.1 Å². The molecule has 2 bridgehead atoms. The lowest BCUT2D eigenvalue weighted by atomic mass is 10.0. The first kappa shape index (κ1) is 19.3. The predicted octanol–water partition coefficient (Wildman–Crippen LogP) is 3.02. The van der Waals surface area contributed by atoms with Crippen LogP contribution in [0.5, 0.6) is 5.75 Å². The number of imidazole rings is 1. The number of nitrogen functional groups attached to an aromatic ring is 1. The van der Waals surface area contributed by atoms with Crippen molar-refractivity contribution in [1.82, 2.24) is 24.3 Å². The second kappa shape index (κ2) is 7.51. The zero-order chi connectivity index (χ0) is 21.5. The summed E-state index contributed by atoms with van der Waals surface area (Å²) >= 11 is 0. The van der Waals surface area contributed by atoms with Gasteiger partial charge in [-0.3, -0.25) is 4.68 Å². The minimum atomic E-state index is -0.856. The lowest BCUT2D eigenvalue weighted by Crippen LogP contribution is -2.16. The number of hydrogen-bond acceptors (Lipinski definition) is 6. The van der Waals surface area contributed by atoms with Crippen molar-refractivity contribution in [3.8, 4) is 28.4 Å². The Bertz CT molecular complexity index is 1260. The third kappa shape index (κ3) is 3.23. The average Bonchev–Trinajstić information content (AvgIpc) is 3.39. The maximum absolute atomic E-state index is 14.2. The molecule has 8 nitrogen and oxygen atoms in total. The Morgan fingerprint density at radius 3 is 2.94 bits per heavy atom. The fraction of sp³-hybridized carbons (Fsp3) is 0.227. The van der Waals surface area contributed by atoms with Crippen molar-refractivity contribution in [1.29, 1.82) is 0 Å². The first-order chi connectivity index (χ1) is 15.1. The molecular formula is C22H21FN6O2. The number of anilines is 1. The van der Waals surface area contributed by atoms with Crippen LogP contribution in [0.15, 0.2) is 49.1 Å². The maximum Gasteiger partial charge on any atom is 0.166 e. The molecule has 158 valence electrons. The molecule has 0 radical (unpaired) electrons. The van der Waals surface area contributed by atoms with Crippen LogP contribution in [-0.2, 0) is 13.1 Å². The van der Waals surface area contributed by atoms with Crippen LogP contribution in [-0.4, -0.2) is 36.0 Å². The van der Waals surface area contributed by atoms with Crippen molar-refractivity contribution < 1.29 is 14.2 Å². The quantitative estimate of drug-likeness (QED) is 0.517. The van der Waals surface area contributed by atoms with Gasteiger partial charge in [0, 0.05) is 47.4 Å². The van der Waals surface area contributed by atoms with Gasteiger partial charge in [-0.2, -0.15) is 5.10 Å². The van der Waals surface area contributed by atoms with E-state index in [1.54, 1.807) is 24.5 Å². The molecule has 1 aliphatic heterocycles. The van der Waals surface area contributed by atoms with Crippen LogP contribution in [0.2, 0.25) is 0 Å². The van der Waals surface area contributed by atoms with E-state index < -0.39 is 11.9 Å². The molecule has 4 aromatic rings. The Morgan fingerprint density at radius 1 is 1.26 bits per heavy atom. The van der Waals surface area contributed by atoms with Gasteiger partial charge in [0.15, 0.2) is 11.6 Å². The zero-order valence-corrected chi connectivity index (χ0v) is 16.9. The zero-order valence-electron chi connectivity index (χ0n) is 16.9. The van der Waals surface area contributed by atoms with E-state index in [1.165, 1.54) is 12.1 Å². The Labute approximate surface area is 177 Å². The highest BCUT2D eigenvalue weighted by Gasteiger charge is 2.24. The molecule has 0 aliphatic carbocycles. The molecule has 1 aromatic carbocycles. The average molecular weight is 420 g/mol. The maximum atomic E-state index is 14.2. The van der Waals surface area contributed by atoms with Crippen molar-refractivity contribution in [2.24, 2.45) is 0 Å². The molecule has 1 aliphatic rings. The van der Waals surface area contributed by atoms with E-state index in [4.69, 9.17) is 10.5 Å². The number of aliphatic hydroxyl groups is 1. The van der Waals surface area contributed by atoms with Gasteiger partial charge in [-0.1, -0.05) is 0 Å². The molecular weight excluding hydrogens is 399 g/mol. The first-order valence-corrected chi connectivity index (χ1v) is 9.98. The molecule has 0 saturated carbocycles. The summed E-state index contributed by atoms with van der Waals surface area (Å²) in [6.45, 7) is 2.82. The second-order valence-electron chi connectivity index (χ2n) is 7.34. The Hall–Kier alpha value is -3.72. The molecule has 4 heterocycles. The molecule has 3 N–H and O–H groups in total. The van der Waals surface area contributed by atoms with Gasteiger partial charge in [-0.25, -0.2) is 14.4 Å². The number of nitrogens with zero attached hydrogens (tertiary/aromatic N) is 5. The summed E-state index contributed by atoms with van der Waals surface area (Å²) < 4.78 is 24.1. The third-order valence-electron chi connectivity index (χ3n) is 5.46. The summed E-state index contributed by atoms with van der Waals surface area (Å²) in [6.07, 6.45) is 6.21. The van der Waals surface area contributed by atoms with Gasteiger partial charge in [0.05, 0.1) is 25.0 Å². The van der Waals surface area contributed by atoms with Gasteiger partial charge in [0.2, 0.25) is 0 Å². The van der Waals surface area contributed by atoms with Gasteiger partial charge >= 0.3 is 0 Å². The van der Waals surface area contributed by atoms with E-state index in [9.17, 15) is 9.50 Å². The number of rotatable bonds is 2. The first-order valence-electron chi connectivity index (χ1n) is 9.98. The van der Waals surface area contributed by atoms with E-state index in [1.807, 2.05) is 28.6 Å². The molecule has 1 atom stereocenters. The Balaban J connectivity index is 1.80. The monoisotopic (exact) mass is 420 g/mol. The fourth-order valence-corrected chi connectivity index (χ4v) is 4.01. The fourth-order valence-electron chi connectivity index (χ4n) is 4.01. The number of nitrogens with two attached hydrogens (primary N) is 1. The molecule has 0 fully saturated rings. The molecule has 9 heteroatoms. The molecule has 1 unspecified atom stereocenters. The van der Waals surface area contributed by atoms with Crippen molar-refractivity contribution in [2.75, 3.05) is 12.3 Å². The molecule has 5 rings (SSSR count). The number of benzene rings is 1. The van der Waals surface area contributed by atoms with Crippen LogP contribution in [0.1, 0.15) is 24.2 Å². The number of hydrogen-bond donors (Lipinski definition) is 2. The van der Waals surface area contributed by atoms with Gasteiger partial charge in [0.1, 0.15) is 17.7 Å². The van der Waals surface area contributed by atoms with Crippen LogP contribution >= 0.6 is 0 Å². The van der Waals surface area contributed by atoms with Gasteiger partial charge in [-0.05, 0) is 31.2 Å². The minimum Gasteiger partial charge on any atom is -0.479 e. The highest BCUT2D eigenvalue weighted by molar-refractivity contribution is 5.68. The Kier molecular flexibility index (Phi) is 4.67. The van der Waals surface area contributed by atoms with Gasteiger partial charge in [0.25, 0.3) is 0 Å². The van der Waals surface area contributed by atoms with Crippen LogP contribution in [0.25, 0.3) is 22.6 Å². The highest BCUT2D eigenvalue weighted by Crippen LogP contribution is 2.36. The minimum absolute atomic E-state index is 0.183. The van der Waals surface area contributed by atoms with Crippen molar-refractivity contribution in [3.05, 3.63) is 66.0 Å². The molecule has 0 spiro atoms. The molecule has 0 amide bonds. The summed E-state index contributed by atoms with van der Waals surface area (Å²) in [5.74, 6) is 0.702. The van der Waals surface area contributed by atoms with Crippen LogP contribution in [0, 0.1) is 5.82 Å². The summed E-state index contributed by atoms with van der Waals surface area (Å²) in [4.78, 5) is 8.81. The third-order valence-corrected chi connectivity index (χ3v) is 5.46. The summed E-state index contributed by atoms with van der Waals surface area (Å²) in [5.41, 5.74) is 9.88. The second-order valence-corrected chi connectivity index (χ2v) is 7.34.